The average Bonchev–Trinajstić information content (AvgIpc) is 2.67. The van der Waals surface area contributed by atoms with Crippen LogP contribution in [0.25, 0.3) is 0 Å². The van der Waals surface area contributed by atoms with E-state index in [4.69, 9.17) is 0 Å². The third-order valence-electron chi connectivity index (χ3n) is 4.65. The molecule has 4 nitrogen and oxygen atoms in total. The van der Waals surface area contributed by atoms with Gasteiger partial charge >= 0.3 is 0 Å². The Morgan fingerprint density at radius 1 is 1.24 bits per heavy atom. The van der Waals surface area contributed by atoms with Gasteiger partial charge < -0.3 is 10.2 Å². The lowest BCUT2D eigenvalue weighted by Gasteiger charge is -2.29. The van der Waals surface area contributed by atoms with Crippen molar-refractivity contribution in [2.24, 2.45) is 0 Å². The molecule has 1 aromatic carbocycles. The number of hydrogen-bond acceptors (Lipinski definition) is 4. The number of pyridine rings is 1. The topological polar surface area (TPSA) is 45.2 Å². The number of aryl methyl sites for hydroxylation is 1. The number of carbonyl (C=O) groups excluding carboxylic acids is 1. The second kappa shape index (κ2) is 8.39. The number of anilines is 1. The molecular weight excluding hydrogens is 330 g/mol. The fraction of sp³-hybridized carbons (Fsp3) is 0.400. The summed E-state index contributed by atoms with van der Waals surface area (Å²) in [6, 6.07) is 10.0. The molecule has 5 heteroatoms. The molecular formula is C20H25N3OS. The van der Waals surface area contributed by atoms with Crippen LogP contribution in [-0.4, -0.2) is 30.2 Å². The molecule has 0 spiro atoms. The van der Waals surface area contributed by atoms with Crippen LogP contribution >= 0.6 is 11.8 Å². The molecule has 25 heavy (non-hydrogen) atoms. The van der Waals surface area contributed by atoms with Gasteiger partial charge in [0.25, 0.3) is 5.91 Å². The molecule has 1 fully saturated rings. The van der Waals surface area contributed by atoms with E-state index in [2.05, 4.69) is 21.3 Å². The monoisotopic (exact) mass is 355 g/mol. The Kier molecular flexibility index (Phi) is 5.97. The zero-order valence-corrected chi connectivity index (χ0v) is 15.7. The molecule has 2 heterocycles. The lowest BCUT2D eigenvalue weighted by atomic mass is 10.1. The summed E-state index contributed by atoms with van der Waals surface area (Å²) in [6.45, 7) is 4.57. The molecule has 1 N–H and O–H groups in total. The van der Waals surface area contributed by atoms with E-state index in [-0.39, 0.29) is 5.91 Å². The van der Waals surface area contributed by atoms with E-state index in [0.29, 0.717) is 6.54 Å². The summed E-state index contributed by atoms with van der Waals surface area (Å²) in [6.07, 6.45) is 7.57. The van der Waals surface area contributed by atoms with Gasteiger partial charge in [-0.3, -0.25) is 4.79 Å². The minimum atomic E-state index is -0.0261. The number of piperidine rings is 1. The van der Waals surface area contributed by atoms with E-state index >= 15 is 0 Å². The smallest absolute Gasteiger partial charge is 0.251 e. The Labute approximate surface area is 154 Å². The van der Waals surface area contributed by atoms with Crippen molar-refractivity contribution < 1.29 is 4.79 Å². The number of nitrogens with one attached hydrogen (secondary N) is 1. The Balaban J connectivity index is 1.72. The lowest BCUT2D eigenvalue weighted by Crippen LogP contribution is -2.32. The standard InChI is InChI=1S/C20H25N3OS/c1-15-8-9-17(25-2)13-18(15)20(24)22-14-16-7-6-10-21-19(16)23-11-4-3-5-12-23/h6-10,13H,3-5,11-12,14H2,1-2H3,(H,22,24). The second-order valence-electron chi connectivity index (χ2n) is 6.40. The minimum Gasteiger partial charge on any atom is -0.356 e. The minimum absolute atomic E-state index is 0.0261. The zero-order chi connectivity index (χ0) is 17.6. The summed E-state index contributed by atoms with van der Waals surface area (Å²) >= 11 is 1.65. The highest BCUT2D eigenvalue weighted by Gasteiger charge is 2.16. The van der Waals surface area contributed by atoms with Crippen molar-refractivity contribution in [2.75, 3.05) is 24.2 Å². The van der Waals surface area contributed by atoms with Crippen molar-refractivity contribution in [2.45, 2.75) is 37.6 Å². The number of nitrogens with zero attached hydrogens (tertiary/aromatic N) is 2. The molecule has 1 aromatic heterocycles. The van der Waals surface area contributed by atoms with Gasteiger partial charge in [-0.2, -0.15) is 0 Å². The van der Waals surface area contributed by atoms with E-state index < -0.39 is 0 Å². The van der Waals surface area contributed by atoms with Crippen LogP contribution in [0.15, 0.2) is 41.4 Å². The Hall–Kier alpha value is -2.01. The van der Waals surface area contributed by atoms with Gasteiger partial charge in [0.05, 0.1) is 0 Å². The van der Waals surface area contributed by atoms with Gasteiger partial charge in [-0.25, -0.2) is 4.98 Å². The molecule has 0 aliphatic carbocycles. The first-order chi connectivity index (χ1) is 12.2. The normalized spacial score (nSPS) is 14.4. The molecule has 3 rings (SSSR count). The van der Waals surface area contributed by atoms with Gasteiger partial charge in [0, 0.05) is 41.9 Å². The number of thioether (sulfide) groups is 1. The van der Waals surface area contributed by atoms with Crippen LogP contribution in [0.3, 0.4) is 0 Å². The summed E-state index contributed by atoms with van der Waals surface area (Å²) in [5.74, 6) is 0.985. The third kappa shape index (κ3) is 4.34. The summed E-state index contributed by atoms with van der Waals surface area (Å²) in [5, 5.41) is 3.07. The molecule has 132 valence electrons. The van der Waals surface area contributed by atoms with Crippen molar-refractivity contribution in [3.63, 3.8) is 0 Å². The van der Waals surface area contributed by atoms with Crippen LogP contribution in [-0.2, 0) is 6.54 Å². The highest BCUT2D eigenvalue weighted by molar-refractivity contribution is 7.98. The van der Waals surface area contributed by atoms with Gasteiger partial charge in [0.1, 0.15) is 5.82 Å². The van der Waals surface area contributed by atoms with Crippen LogP contribution in [0.1, 0.15) is 40.7 Å². The molecule has 0 unspecified atom stereocenters. The number of benzene rings is 1. The molecule has 1 aliphatic heterocycles. The summed E-state index contributed by atoms with van der Waals surface area (Å²) in [4.78, 5) is 20.7. The number of aromatic nitrogens is 1. The SMILES string of the molecule is CSc1ccc(C)c(C(=O)NCc2cccnc2N2CCCCC2)c1. The molecule has 0 bridgehead atoms. The fourth-order valence-electron chi connectivity index (χ4n) is 3.20. The average molecular weight is 356 g/mol. The number of carbonyl (C=O) groups is 1. The summed E-state index contributed by atoms with van der Waals surface area (Å²) in [5.41, 5.74) is 2.82. The summed E-state index contributed by atoms with van der Waals surface area (Å²) < 4.78 is 0. The zero-order valence-electron chi connectivity index (χ0n) is 14.9. The Morgan fingerprint density at radius 3 is 2.80 bits per heavy atom. The molecule has 2 aromatic rings. The maximum Gasteiger partial charge on any atom is 0.251 e. The first kappa shape index (κ1) is 17.8. The van der Waals surface area contributed by atoms with E-state index in [1.54, 1.807) is 11.8 Å². The molecule has 1 aliphatic rings. The highest BCUT2D eigenvalue weighted by atomic mass is 32.2. The van der Waals surface area contributed by atoms with Crippen LogP contribution in [0.5, 0.6) is 0 Å². The quantitative estimate of drug-likeness (QED) is 0.823. The first-order valence-electron chi connectivity index (χ1n) is 8.80. The molecule has 1 saturated heterocycles. The fourth-order valence-corrected chi connectivity index (χ4v) is 3.64. The van der Waals surface area contributed by atoms with E-state index in [9.17, 15) is 4.79 Å². The third-order valence-corrected chi connectivity index (χ3v) is 5.38. The number of amides is 1. The summed E-state index contributed by atoms with van der Waals surface area (Å²) in [7, 11) is 0. The Bertz CT molecular complexity index is 741. The highest BCUT2D eigenvalue weighted by Crippen LogP contribution is 2.22. The van der Waals surface area contributed by atoms with Crippen LogP contribution < -0.4 is 10.2 Å². The predicted octanol–water partition coefficient (Wildman–Crippen LogP) is 4.03. The van der Waals surface area contributed by atoms with Crippen molar-refractivity contribution in [1.82, 2.24) is 10.3 Å². The van der Waals surface area contributed by atoms with Gasteiger partial charge in [-0.05, 0) is 56.2 Å². The van der Waals surface area contributed by atoms with Crippen molar-refractivity contribution in [1.29, 1.82) is 0 Å². The van der Waals surface area contributed by atoms with Crippen molar-refractivity contribution >= 4 is 23.5 Å². The van der Waals surface area contributed by atoms with Gasteiger partial charge in [-0.1, -0.05) is 12.1 Å². The van der Waals surface area contributed by atoms with Crippen molar-refractivity contribution in [3.8, 4) is 0 Å². The van der Waals surface area contributed by atoms with Gasteiger partial charge in [0.2, 0.25) is 0 Å². The first-order valence-corrected chi connectivity index (χ1v) is 10.0. The van der Waals surface area contributed by atoms with Gasteiger partial charge in [-0.15, -0.1) is 11.8 Å². The van der Waals surface area contributed by atoms with E-state index in [0.717, 1.165) is 40.5 Å². The molecule has 1 amide bonds. The molecule has 0 radical (unpaired) electrons. The largest absolute Gasteiger partial charge is 0.356 e. The van der Waals surface area contributed by atoms with Crippen LogP contribution in [0, 0.1) is 6.92 Å². The number of rotatable bonds is 5. The van der Waals surface area contributed by atoms with Crippen molar-refractivity contribution in [3.05, 3.63) is 53.2 Å². The Morgan fingerprint density at radius 2 is 2.04 bits per heavy atom. The number of hydrogen-bond donors (Lipinski definition) is 1. The van der Waals surface area contributed by atoms with Gasteiger partial charge in [0.15, 0.2) is 0 Å². The van der Waals surface area contributed by atoms with E-state index in [1.165, 1.54) is 19.3 Å². The lowest BCUT2D eigenvalue weighted by molar-refractivity contribution is 0.0950. The second-order valence-corrected chi connectivity index (χ2v) is 7.28. The van der Waals surface area contributed by atoms with Crippen LogP contribution in [0.4, 0.5) is 5.82 Å². The van der Waals surface area contributed by atoms with E-state index in [1.807, 2.05) is 43.6 Å². The molecule has 0 atom stereocenters. The predicted molar refractivity (Wildman–Crippen MR) is 104 cm³/mol. The maximum absolute atomic E-state index is 12.6. The maximum atomic E-state index is 12.6. The molecule has 0 saturated carbocycles. The van der Waals surface area contributed by atoms with Crippen LogP contribution in [0.2, 0.25) is 0 Å².